The van der Waals surface area contributed by atoms with Crippen LogP contribution in [0.25, 0.3) is 11.1 Å². The molecule has 3 aromatic carbocycles. The van der Waals surface area contributed by atoms with Crippen molar-refractivity contribution in [2.75, 3.05) is 31.6 Å². The van der Waals surface area contributed by atoms with Gasteiger partial charge >= 0.3 is 6.18 Å². The molecule has 1 amide bonds. The first-order valence-electron chi connectivity index (χ1n) is 12.4. The molecule has 218 valence electrons. The molecule has 0 radical (unpaired) electrons. The molecule has 5 rings (SSSR count). The van der Waals surface area contributed by atoms with Crippen molar-refractivity contribution in [2.45, 2.75) is 18.6 Å². The lowest BCUT2D eigenvalue weighted by atomic mass is 9.96. The number of H-pyrrole nitrogens is 1. The van der Waals surface area contributed by atoms with Crippen LogP contribution >= 0.6 is 36.4 Å². The Morgan fingerprint density at radius 1 is 1.05 bits per heavy atom. The van der Waals surface area contributed by atoms with Gasteiger partial charge in [-0.2, -0.15) is 13.2 Å². The summed E-state index contributed by atoms with van der Waals surface area (Å²) in [5.41, 5.74) is 3.22. The van der Waals surface area contributed by atoms with Gasteiger partial charge in [-0.05, 0) is 53.9 Å². The van der Waals surface area contributed by atoms with E-state index < -0.39 is 11.7 Å². The molecule has 6 nitrogen and oxygen atoms in total. The summed E-state index contributed by atoms with van der Waals surface area (Å²) < 4.78 is 44.6. The number of nitrogens with one attached hydrogen (secondary N) is 1. The molecule has 1 aromatic heterocycles. The second kappa shape index (κ2) is 13.6. The largest absolute Gasteiger partial charge is 0.496 e. The molecule has 1 fully saturated rings. The van der Waals surface area contributed by atoms with Crippen molar-refractivity contribution in [3.05, 3.63) is 101 Å². The molecule has 1 aliphatic heterocycles. The van der Waals surface area contributed by atoms with Gasteiger partial charge < -0.3 is 14.6 Å². The normalized spacial score (nSPS) is 14.7. The Kier molecular flexibility index (Phi) is 10.7. The van der Waals surface area contributed by atoms with Crippen molar-refractivity contribution in [3.8, 4) is 16.9 Å². The highest BCUT2D eigenvalue weighted by Gasteiger charge is 2.32. The first kappa shape index (κ1) is 32.3. The number of rotatable bonds is 7. The molecule has 0 saturated carbocycles. The van der Waals surface area contributed by atoms with Crippen LogP contribution in [0.1, 0.15) is 22.9 Å². The van der Waals surface area contributed by atoms with Crippen molar-refractivity contribution in [2.24, 2.45) is 0 Å². The molecule has 0 bridgehead atoms. The van der Waals surface area contributed by atoms with Crippen LogP contribution < -0.4 is 9.64 Å². The van der Waals surface area contributed by atoms with Crippen molar-refractivity contribution in [1.82, 2.24) is 14.9 Å². The standard InChI is InChI=1S/C29H26ClF3N4O2.2ClH/c1-39-27-14-19(5-10-24(27)20-6-8-21(9-7-20)29(31,32)33)13-26(25-16-34-18-35-25)36-11-12-37(28(38)17-36)23-4-2-3-22(30)15-23;;/h2-10,14-16,18,26H,11-13,17H2,1H3,(H,34,35);2*1H. The van der Waals surface area contributed by atoms with Gasteiger partial charge in [0.05, 0.1) is 37.3 Å². The number of methoxy groups -OCH3 is 1. The molecular formula is C29H28Cl3F3N4O2. The van der Waals surface area contributed by atoms with Gasteiger partial charge in [0.25, 0.3) is 0 Å². The van der Waals surface area contributed by atoms with Crippen LogP contribution in [0.15, 0.2) is 79.3 Å². The van der Waals surface area contributed by atoms with E-state index in [1.54, 1.807) is 29.6 Å². The fraction of sp³-hybridized carbons (Fsp3) is 0.241. The van der Waals surface area contributed by atoms with E-state index in [0.717, 1.165) is 29.1 Å². The fourth-order valence-electron chi connectivity index (χ4n) is 4.92. The molecule has 2 heterocycles. The van der Waals surface area contributed by atoms with E-state index in [2.05, 4.69) is 14.9 Å². The van der Waals surface area contributed by atoms with Gasteiger partial charge in [0.1, 0.15) is 5.75 Å². The number of halogens is 6. The third-order valence-electron chi connectivity index (χ3n) is 6.91. The molecule has 1 atom stereocenters. The number of imidazole rings is 1. The summed E-state index contributed by atoms with van der Waals surface area (Å²) in [6.07, 6.45) is -0.460. The van der Waals surface area contributed by atoms with Crippen LogP contribution in [0.3, 0.4) is 0 Å². The van der Waals surface area contributed by atoms with E-state index in [9.17, 15) is 18.0 Å². The quantitative estimate of drug-likeness (QED) is 0.235. The summed E-state index contributed by atoms with van der Waals surface area (Å²) in [7, 11) is 1.53. The van der Waals surface area contributed by atoms with Crippen LogP contribution in [-0.2, 0) is 17.4 Å². The van der Waals surface area contributed by atoms with E-state index >= 15 is 0 Å². The molecule has 1 unspecified atom stereocenters. The third kappa shape index (κ3) is 7.35. The maximum Gasteiger partial charge on any atom is 0.416 e. The number of aromatic nitrogens is 2. The van der Waals surface area contributed by atoms with Gasteiger partial charge in [-0.25, -0.2) is 4.98 Å². The highest BCUT2D eigenvalue weighted by Crippen LogP contribution is 2.36. The molecule has 0 aliphatic carbocycles. The van der Waals surface area contributed by atoms with Gasteiger partial charge in [-0.1, -0.05) is 41.9 Å². The lowest BCUT2D eigenvalue weighted by molar-refractivity contribution is -0.137. The molecule has 1 saturated heterocycles. The number of anilines is 1. The maximum absolute atomic E-state index is 13.2. The van der Waals surface area contributed by atoms with Gasteiger partial charge in [0.15, 0.2) is 0 Å². The van der Waals surface area contributed by atoms with E-state index in [4.69, 9.17) is 16.3 Å². The SMILES string of the molecule is COc1cc(CC(c2cnc[nH]2)N2CCN(c3cccc(Cl)c3)C(=O)C2)ccc1-c1ccc(C(F)(F)F)cc1.Cl.Cl. The predicted molar refractivity (Wildman–Crippen MR) is 158 cm³/mol. The molecule has 1 aliphatic rings. The molecule has 12 heteroatoms. The average Bonchev–Trinajstić information content (AvgIpc) is 3.46. The number of nitrogens with zero attached hydrogens (tertiary/aromatic N) is 3. The van der Waals surface area contributed by atoms with Crippen LogP contribution in [0.2, 0.25) is 5.02 Å². The van der Waals surface area contributed by atoms with Crippen molar-refractivity contribution < 1.29 is 22.7 Å². The number of carbonyl (C=O) groups is 1. The lowest BCUT2D eigenvalue weighted by Gasteiger charge is -2.38. The van der Waals surface area contributed by atoms with Gasteiger partial charge in [0.2, 0.25) is 5.91 Å². The number of hydrogen-bond acceptors (Lipinski definition) is 4. The maximum atomic E-state index is 13.2. The second-order valence-electron chi connectivity index (χ2n) is 9.33. The van der Waals surface area contributed by atoms with E-state index in [-0.39, 0.29) is 43.3 Å². The van der Waals surface area contributed by atoms with Crippen LogP contribution in [-0.4, -0.2) is 47.5 Å². The topological polar surface area (TPSA) is 61.5 Å². The molecule has 4 aromatic rings. The number of piperazine rings is 1. The van der Waals surface area contributed by atoms with Crippen molar-refractivity contribution >= 4 is 48.0 Å². The zero-order chi connectivity index (χ0) is 27.6. The Balaban J connectivity index is 0.00000231. The predicted octanol–water partition coefficient (Wildman–Crippen LogP) is 7.23. The van der Waals surface area contributed by atoms with Crippen LogP contribution in [0.4, 0.5) is 18.9 Å². The molecule has 1 N–H and O–H groups in total. The number of aromatic amines is 1. The van der Waals surface area contributed by atoms with Crippen molar-refractivity contribution in [1.29, 1.82) is 0 Å². The average molecular weight is 628 g/mol. The summed E-state index contributed by atoms with van der Waals surface area (Å²) in [5.74, 6) is 0.528. The lowest BCUT2D eigenvalue weighted by Crippen LogP contribution is -2.51. The number of benzene rings is 3. The first-order valence-corrected chi connectivity index (χ1v) is 12.7. The minimum absolute atomic E-state index is 0. The summed E-state index contributed by atoms with van der Waals surface area (Å²) in [5, 5.41) is 0.576. The third-order valence-corrected chi connectivity index (χ3v) is 7.14. The van der Waals surface area contributed by atoms with Crippen molar-refractivity contribution in [3.63, 3.8) is 0 Å². The Morgan fingerprint density at radius 2 is 1.80 bits per heavy atom. The fourth-order valence-corrected chi connectivity index (χ4v) is 5.11. The zero-order valence-corrected chi connectivity index (χ0v) is 24.3. The molecule has 41 heavy (non-hydrogen) atoms. The number of alkyl halides is 3. The van der Waals surface area contributed by atoms with Gasteiger partial charge in [-0.15, -0.1) is 24.8 Å². The minimum Gasteiger partial charge on any atom is -0.496 e. The number of ether oxygens (including phenoxy) is 1. The number of amides is 1. The summed E-state index contributed by atoms with van der Waals surface area (Å²) in [6.45, 7) is 1.37. The highest BCUT2D eigenvalue weighted by atomic mass is 35.5. The summed E-state index contributed by atoms with van der Waals surface area (Å²) in [4.78, 5) is 24.4. The van der Waals surface area contributed by atoms with E-state index in [1.165, 1.54) is 19.2 Å². The first-order chi connectivity index (χ1) is 18.7. The highest BCUT2D eigenvalue weighted by molar-refractivity contribution is 6.30. The van der Waals surface area contributed by atoms with E-state index in [1.807, 2.05) is 30.3 Å². The number of hydrogen-bond donors (Lipinski definition) is 1. The summed E-state index contributed by atoms with van der Waals surface area (Å²) >= 11 is 6.13. The molecule has 0 spiro atoms. The zero-order valence-electron chi connectivity index (χ0n) is 21.9. The summed E-state index contributed by atoms with van der Waals surface area (Å²) in [6, 6.07) is 17.8. The van der Waals surface area contributed by atoms with Gasteiger partial charge in [-0.3, -0.25) is 9.69 Å². The second-order valence-corrected chi connectivity index (χ2v) is 9.77. The Bertz CT molecular complexity index is 1450. The Labute approximate surface area is 253 Å². The number of carbonyl (C=O) groups excluding carboxylic acids is 1. The monoisotopic (exact) mass is 626 g/mol. The van der Waals surface area contributed by atoms with E-state index in [0.29, 0.717) is 41.4 Å². The van der Waals surface area contributed by atoms with Gasteiger partial charge in [0, 0.05) is 35.6 Å². The smallest absolute Gasteiger partial charge is 0.416 e. The van der Waals surface area contributed by atoms with Crippen LogP contribution in [0, 0.1) is 0 Å². The minimum atomic E-state index is -4.39. The Morgan fingerprint density at radius 3 is 2.41 bits per heavy atom. The molecular weight excluding hydrogens is 600 g/mol. The van der Waals surface area contributed by atoms with Crippen LogP contribution in [0.5, 0.6) is 5.75 Å². The Hall–Kier alpha value is -3.24.